The molecule has 0 aliphatic heterocycles. The molecule has 18 heavy (non-hydrogen) atoms. The van der Waals surface area contributed by atoms with E-state index in [9.17, 15) is 14.5 Å². The smallest absolute Gasteiger partial charge is 0.295 e. The number of likely N-dealkylation sites (N-methyl/N-ethyl adjacent to an activating group) is 1. The third kappa shape index (κ3) is 2.86. The van der Waals surface area contributed by atoms with Crippen molar-refractivity contribution in [2.24, 2.45) is 5.73 Å². The van der Waals surface area contributed by atoms with Gasteiger partial charge in [0.25, 0.3) is 5.69 Å². The molecular formula is C11H16FN3O3. The van der Waals surface area contributed by atoms with Gasteiger partial charge >= 0.3 is 0 Å². The molecule has 7 heteroatoms. The number of halogens is 1. The van der Waals surface area contributed by atoms with Crippen LogP contribution in [0.4, 0.5) is 15.8 Å². The predicted molar refractivity (Wildman–Crippen MR) is 66.5 cm³/mol. The predicted octanol–water partition coefficient (Wildman–Crippen LogP) is 1.53. The number of methoxy groups -OCH3 is 1. The van der Waals surface area contributed by atoms with Gasteiger partial charge in [-0.3, -0.25) is 10.1 Å². The van der Waals surface area contributed by atoms with E-state index in [1.165, 1.54) is 13.2 Å². The van der Waals surface area contributed by atoms with Crippen molar-refractivity contribution >= 4 is 11.4 Å². The number of ether oxygens (including phenoxy) is 1. The molecular weight excluding hydrogens is 241 g/mol. The first-order chi connectivity index (χ1) is 8.54. The quantitative estimate of drug-likeness (QED) is 0.617. The molecule has 0 bridgehead atoms. The van der Waals surface area contributed by atoms with Crippen LogP contribution in [-0.4, -0.2) is 31.7 Å². The van der Waals surface area contributed by atoms with Crippen molar-refractivity contribution in [3.63, 3.8) is 0 Å². The second-order valence-electron chi connectivity index (χ2n) is 3.60. The van der Waals surface area contributed by atoms with Crippen LogP contribution in [0.2, 0.25) is 0 Å². The summed E-state index contributed by atoms with van der Waals surface area (Å²) < 4.78 is 18.3. The largest absolute Gasteiger partial charge is 0.494 e. The van der Waals surface area contributed by atoms with E-state index < -0.39 is 10.7 Å². The monoisotopic (exact) mass is 257 g/mol. The summed E-state index contributed by atoms with van der Waals surface area (Å²) in [6, 6.07) is 2.19. The number of benzene rings is 1. The minimum absolute atomic E-state index is 0.0222. The van der Waals surface area contributed by atoms with Crippen molar-refractivity contribution in [1.29, 1.82) is 0 Å². The van der Waals surface area contributed by atoms with Gasteiger partial charge in [-0.05, 0) is 6.92 Å². The minimum atomic E-state index is -0.753. The van der Waals surface area contributed by atoms with Crippen molar-refractivity contribution in [3.8, 4) is 5.75 Å². The van der Waals surface area contributed by atoms with Crippen LogP contribution in [0.25, 0.3) is 0 Å². The van der Waals surface area contributed by atoms with Gasteiger partial charge in [-0.1, -0.05) is 0 Å². The number of hydrogen-bond donors (Lipinski definition) is 1. The molecule has 0 atom stereocenters. The van der Waals surface area contributed by atoms with Crippen LogP contribution in [0.15, 0.2) is 12.1 Å². The maximum Gasteiger partial charge on any atom is 0.295 e. The molecule has 0 radical (unpaired) electrons. The van der Waals surface area contributed by atoms with Crippen LogP contribution in [0.3, 0.4) is 0 Å². The van der Waals surface area contributed by atoms with E-state index in [0.29, 0.717) is 25.3 Å². The molecule has 0 aromatic heterocycles. The Kier molecular flexibility index (Phi) is 4.85. The highest BCUT2D eigenvalue weighted by Crippen LogP contribution is 2.34. The number of anilines is 1. The fraction of sp³-hybridized carbons (Fsp3) is 0.455. The van der Waals surface area contributed by atoms with E-state index in [2.05, 4.69) is 0 Å². The van der Waals surface area contributed by atoms with Crippen LogP contribution in [0.5, 0.6) is 5.75 Å². The van der Waals surface area contributed by atoms with Gasteiger partial charge in [0.1, 0.15) is 5.69 Å². The minimum Gasteiger partial charge on any atom is -0.494 e. The van der Waals surface area contributed by atoms with Crippen molar-refractivity contribution in [2.75, 3.05) is 31.6 Å². The highest BCUT2D eigenvalue weighted by Gasteiger charge is 2.22. The summed E-state index contributed by atoms with van der Waals surface area (Å²) in [6.45, 7) is 3.18. The molecule has 1 aromatic carbocycles. The molecule has 1 aromatic rings. The molecule has 0 unspecified atom stereocenters. The molecule has 0 spiro atoms. The Morgan fingerprint density at radius 1 is 1.56 bits per heavy atom. The Bertz CT molecular complexity index is 440. The Hall–Kier alpha value is -1.89. The fourth-order valence-electron chi connectivity index (χ4n) is 1.69. The first kappa shape index (κ1) is 14.2. The number of nitrogens with two attached hydrogens (primary N) is 1. The summed E-state index contributed by atoms with van der Waals surface area (Å²) in [6.07, 6.45) is 0. The number of hydrogen-bond acceptors (Lipinski definition) is 5. The number of nitro benzene ring substituents is 1. The van der Waals surface area contributed by atoms with E-state index in [1.807, 2.05) is 6.92 Å². The van der Waals surface area contributed by atoms with Crippen LogP contribution in [-0.2, 0) is 0 Å². The van der Waals surface area contributed by atoms with Gasteiger partial charge in [-0.25, -0.2) is 4.39 Å². The average molecular weight is 257 g/mol. The Labute approximate surface area is 104 Å². The van der Waals surface area contributed by atoms with Gasteiger partial charge in [0.2, 0.25) is 0 Å². The Morgan fingerprint density at radius 2 is 2.22 bits per heavy atom. The zero-order valence-electron chi connectivity index (χ0n) is 10.4. The molecule has 6 nitrogen and oxygen atoms in total. The number of nitro groups is 1. The second kappa shape index (κ2) is 6.15. The summed E-state index contributed by atoms with van der Waals surface area (Å²) in [5, 5.41) is 10.9. The van der Waals surface area contributed by atoms with Crippen LogP contribution in [0.1, 0.15) is 6.92 Å². The standard InChI is InChI=1S/C11H16FN3O3/c1-3-14(5-4-13)9-7-11(18-2)8(12)6-10(9)15(16)17/h6-7H,3-5,13H2,1-2H3. The van der Waals surface area contributed by atoms with Crippen molar-refractivity contribution in [3.05, 3.63) is 28.1 Å². The average Bonchev–Trinajstić information content (AvgIpc) is 2.35. The zero-order chi connectivity index (χ0) is 13.7. The van der Waals surface area contributed by atoms with Crippen molar-refractivity contribution in [1.82, 2.24) is 0 Å². The fourth-order valence-corrected chi connectivity index (χ4v) is 1.69. The summed E-state index contributed by atoms with van der Waals surface area (Å²) in [4.78, 5) is 12.0. The Balaban J connectivity index is 3.32. The summed E-state index contributed by atoms with van der Waals surface area (Å²) >= 11 is 0. The zero-order valence-corrected chi connectivity index (χ0v) is 10.4. The second-order valence-corrected chi connectivity index (χ2v) is 3.60. The van der Waals surface area contributed by atoms with E-state index in [-0.39, 0.29) is 11.4 Å². The van der Waals surface area contributed by atoms with Gasteiger partial charge in [-0.15, -0.1) is 0 Å². The molecule has 0 amide bonds. The van der Waals surface area contributed by atoms with E-state index in [0.717, 1.165) is 6.07 Å². The maximum atomic E-state index is 13.5. The maximum absolute atomic E-state index is 13.5. The van der Waals surface area contributed by atoms with Gasteiger partial charge in [0.15, 0.2) is 11.6 Å². The highest BCUT2D eigenvalue weighted by atomic mass is 19.1. The van der Waals surface area contributed by atoms with Gasteiger partial charge in [-0.2, -0.15) is 0 Å². The third-order valence-electron chi connectivity index (χ3n) is 2.57. The van der Waals surface area contributed by atoms with E-state index in [4.69, 9.17) is 10.5 Å². The molecule has 0 aliphatic rings. The topological polar surface area (TPSA) is 81.6 Å². The summed E-state index contributed by atoms with van der Waals surface area (Å²) in [5.41, 5.74) is 5.48. The third-order valence-corrected chi connectivity index (χ3v) is 2.57. The van der Waals surface area contributed by atoms with Crippen LogP contribution < -0.4 is 15.4 Å². The highest BCUT2D eigenvalue weighted by molar-refractivity contribution is 5.66. The van der Waals surface area contributed by atoms with Crippen LogP contribution in [0, 0.1) is 15.9 Å². The van der Waals surface area contributed by atoms with Crippen molar-refractivity contribution < 1.29 is 14.1 Å². The van der Waals surface area contributed by atoms with E-state index in [1.54, 1.807) is 4.90 Å². The molecule has 0 aliphatic carbocycles. The lowest BCUT2D eigenvalue weighted by Gasteiger charge is -2.22. The molecule has 0 heterocycles. The Morgan fingerprint density at radius 3 is 2.67 bits per heavy atom. The molecule has 0 saturated carbocycles. The molecule has 100 valence electrons. The number of rotatable bonds is 6. The SMILES string of the molecule is CCN(CCN)c1cc(OC)c(F)cc1[N+](=O)[O-]. The van der Waals surface area contributed by atoms with Crippen molar-refractivity contribution in [2.45, 2.75) is 6.92 Å². The summed E-state index contributed by atoms with van der Waals surface area (Å²) in [7, 11) is 1.31. The first-order valence-electron chi connectivity index (χ1n) is 5.52. The van der Waals surface area contributed by atoms with Gasteiger partial charge in [0.05, 0.1) is 18.1 Å². The van der Waals surface area contributed by atoms with Gasteiger partial charge in [0, 0.05) is 25.7 Å². The molecule has 0 fully saturated rings. The first-order valence-corrected chi connectivity index (χ1v) is 5.52. The van der Waals surface area contributed by atoms with Gasteiger partial charge < -0.3 is 15.4 Å². The molecule has 1 rings (SSSR count). The lowest BCUT2D eigenvalue weighted by Crippen LogP contribution is -2.29. The number of nitrogens with zero attached hydrogens (tertiary/aromatic N) is 2. The normalized spacial score (nSPS) is 10.2. The van der Waals surface area contributed by atoms with Crippen LogP contribution >= 0.6 is 0 Å². The molecule has 2 N–H and O–H groups in total. The summed E-state index contributed by atoms with van der Waals surface area (Å²) in [5.74, 6) is -0.775. The lowest BCUT2D eigenvalue weighted by atomic mass is 10.2. The molecule has 0 saturated heterocycles. The lowest BCUT2D eigenvalue weighted by molar-refractivity contribution is -0.384. The van der Waals surface area contributed by atoms with E-state index >= 15 is 0 Å².